The van der Waals surface area contributed by atoms with Crippen molar-refractivity contribution in [2.45, 2.75) is 12.8 Å². The number of rotatable bonds is 3. The lowest BCUT2D eigenvalue weighted by atomic mass is 9.89. The highest BCUT2D eigenvalue weighted by Gasteiger charge is 2.30. The van der Waals surface area contributed by atoms with Crippen molar-refractivity contribution in [2.24, 2.45) is 5.92 Å². The molecule has 3 heterocycles. The fourth-order valence-electron chi connectivity index (χ4n) is 4.15. The molecule has 1 aliphatic rings. The summed E-state index contributed by atoms with van der Waals surface area (Å²) in [5.74, 6) is -0.168. The highest BCUT2D eigenvalue weighted by Crippen LogP contribution is 2.24. The van der Waals surface area contributed by atoms with Crippen molar-refractivity contribution >= 4 is 28.1 Å². The van der Waals surface area contributed by atoms with Crippen LogP contribution in [0, 0.1) is 5.92 Å². The Balaban J connectivity index is 1.36. The molecular formula is C24H21N3O2. The van der Waals surface area contributed by atoms with E-state index in [-0.39, 0.29) is 17.6 Å². The first-order chi connectivity index (χ1) is 14.2. The molecule has 2 aromatic heterocycles. The lowest BCUT2D eigenvalue weighted by Gasteiger charge is -2.31. The first kappa shape index (κ1) is 17.6. The van der Waals surface area contributed by atoms with Crippen molar-refractivity contribution in [3.8, 4) is 0 Å². The molecule has 1 aliphatic heterocycles. The Bertz CT molecular complexity index is 1190. The van der Waals surface area contributed by atoms with Gasteiger partial charge in [0, 0.05) is 37.0 Å². The molecule has 0 N–H and O–H groups in total. The third-order valence-electron chi connectivity index (χ3n) is 5.70. The summed E-state index contributed by atoms with van der Waals surface area (Å²) < 4.78 is 1.84. The van der Waals surface area contributed by atoms with Crippen LogP contribution in [0.3, 0.4) is 0 Å². The number of hydrogen-bond donors (Lipinski definition) is 0. The summed E-state index contributed by atoms with van der Waals surface area (Å²) in [7, 11) is 0. The van der Waals surface area contributed by atoms with Crippen LogP contribution in [-0.4, -0.2) is 39.1 Å². The maximum Gasteiger partial charge on any atom is 0.274 e. The molecule has 0 spiro atoms. The molecular weight excluding hydrogens is 362 g/mol. The smallest absolute Gasteiger partial charge is 0.274 e. The van der Waals surface area contributed by atoms with Gasteiger partial charge >= 0.3 is 0 Å². The van der Waals surface area contributed by atoms with Crippen molar-refractivity contribution in [3.63, 3.8) is 0 Å². The highest BCUT2D eigenvalue weighted by atomic mass is 16.2. The van der Waals surface area contributed by atoms with Crippen LogP contribution in [0.4, 0.5) is 0 Å². The maximum absolute atomic E-state index is 13.1. The lowest BCUT2D eigenvalue weighted by molar-refractivity contribution is 0.0632. The SMILES string of the molecule is O=C(c1ccc2ccccc2c1)C1CCCN(C(=O)c2cn3ccccc3n2)C1. The van der Waals surface area contributed by atoms with Crippen LogP contribution in [0.1, 0.15) is 33.7 Å². The number of likely N-dealkylation sites (tertiary alicyclic amines) is 1. The maximum atomic E-state index is 13.1. The Kier molecular flexibility index (Phi) is 4.35. The monoisotopic (exact) mass is 383 g/mol. The van der Waals surface area contributed by atoms with E-state index in [9.17, 15) is 9.59 Å². The number of nitrogens with zero attached hydrogens (tertiary/aromatic N) is 3. The standard InChI is InChI=1S/C24H21N3O2/c28-23(19-11-10-17-6-1-2-7-18(17)14-19)20-8-5-13-27(15-20)24(29)21-16-26-12-4-3-9-22(26)25-21/h1-4,6-7,9-12,14,16,20H,5,8,13,15H2. The van der Waals surface area contributed by atoms with Gasteiger partial charge in [-0.25, -0.2) is 4.98 Å². The summed E-state index contributed by atoms with van der Waals surface area (Å²) in [5, 5.41) is 2.18. The second-order valence-corrected chi connectivity index (χ2v) is 7.61. The summed E-state index contributed by atoms with van der Waals surface area (Å²) in [6, 6.07) is 19.6. The number of pyridine rings is 1. The first-order valence-electron chi connectivity index (χ1n) is 9.95. The lowest BCUT2D eigenvalue weighted by Crippen LogP contribution is -2.42. The largest absolute Gasteiger partial charge is 0.337 e. The molecule has 0 aliphatic carbocycles. The minimum absolute atomic E-state index is 0.107. The molecule has 1 amide bonds. The van der Waals surface area contributed by atoms with Crippen LogP contribution in [-0.2, 0) is 0 Å². The van der Waals surface area contributed by atoms with E-state index >= 15 is 0 Å². The van der Waals surface area contributed by atoms with Crippen molar-refractivity contribution < 1.29 is 9.59 Å². The van der Waals surface area contributed by atoms with Gasteiger partial charge in [0.05, 0.1) is 0 Å². The molecule has 5 rings (SSSR count). The fourth-order valence-corrected chi connectivity index (χ4v) is 4.15. The van der Waals surface area contributed by atoms with Gasteiger partial charge in [-0.05, 0) is 41.8 Å². The predicted molar refractivity (Wildman–Crippen MR) is 112 cm³/mol. The summed E-state index contributed by atoms with van der Waals surface area (Å²) in [6.45, 7) is 1.10. The van der Waals surface area contributed by atoms with E-state index in [2.05, 4.69) is 4.98 Å². The van der Waals surface area contributed by atoms with Crippen LogP contribution in [0.25, 0.3) is 16.4 Å². The van der Waals surface area contributed by atoms with Gasteiger partial charge in [-0.3, -0.25) is 9.59 Å². The zero-order valence-electron chi connectivity index (χ0n) is 16.0. The molecule has 1 atom stereocenters. The average molecular weight is 383 g/mol. The van der Waals surface area contributed by atoms with E-state index in [4.69, 9.17) is 0 Å². The molecule has 2 aromatic carbocycles. The van der Waals surface area contributed by atoms with Gasteiger partial charge in [-0.15, -0.1) is 0 Å². The van der Waals surface area contributed by atoms with Gasteiger partial charge in [0.1, 0.15) is 11.3 Å². The number of hydrogen-bond acceptors (Lipinski definition) is 3. The number of aromatic nitrogens is 2. The minimum atomic E-state index is -0.175. The fraction of sp³-hybridized carbons (Fsp3) is 0.208. The Morgan fingerprint density at radius 1 is 0.966 bits per heavy atom. The topological polar surface area (TPSA) is 54.7 Å². The zero-order chi connectivity index (χ0) is 19.8. The van der Waals surface area contributed by atoms with Crippen molar-refractivity contribution in [1.82, 2.24) is 14.3 Å². The van der Waals surface area contributed by atoms with Crippen LogP contribution in [0.15, 0.2) is 73.1 Å². The van der Waals surface area contributed by atoms with Crippen LogP contribution in [0.2, 0.25) is 0 Å². The summed E-state index contributed by atoms with van der Waals surface area (Å²) in [5.41, 5.74) is 1.89. The molecule has 144 valence electrons. The number of Topliss-reactive ketones (excluding diaryl/α,β-unsaturated/α-hetero) is 1. The zero-order valence-corrected chi connectivity index (χ0v) is 16.0. The van der Waals surface area contributed by atoms with Crippen LogP contribution < -0.4 is 0 Å². The van der Waals surface area contributed by atoms with Gasteiger partial charge < -0.3 is 9.30 Å². The molecule has 5 nitrogen and oxygen atoms in total. The molecule has 0 radical (unpaired) electrons. The molecule has 4 aromatic rings. The van der Waals surface area contributed by atoms with Crippen LogP contribution >= 0.6 is 0 Å². The quantitative estimate of drug-likeness (QED) is 0.498. The summed E-state index contributed by atoms with van der Waals surface area (Å²) >= 11 is 0. The number of fused-ring (bicyclic) bond motifs is 2. The average Bonchev–Trinajstić information content (AvgIpc) is 3.22. The van der Waals surface area contributed by atoms with Crippen molar-refractivity contribution in [2.75, 3.05) is 13.1 Å². The Hall–Kier alpha value is -3.47. The Labute approximate surface area is 168 Å². The van der Waals surface area contributed by atoms with Crippen LogP contribution in [0.5, 0.6) is 0 Å². The van der Waals surface area contributed by atoms with Gasteiger partial charge in [-0.2, -0.15) is 0 Å². The normalized spacial score (nSPS) is 17.0. The van der Waals surface area contributed by atoms with E-state index in [0.29, 0.717) is 18.8 Å². The Morgan fingerprint density at radius 2 is 1.79 bits per heavy atom. The first-order valence-corrected chi connectivity index (χ1v) is 9.95. The van der Waals surface area contributed by atoms with Gasteiger partial charge in [0.25, 0.3) is 5.91 Å². The molecule has 29 heavy (non-hydrogen) atoms. The third kappa shape index (κ3) is 3.29. The summed E-state index contributed by atoms with van der Waals surface area (Å²) in [6.07, 6.45) is 5.26. The number of piperidine rings is 1. The van der Waals surface area contributed by atoms with E-state index < -0.39 is 0 Å². The molecule has 5 heteroatoms. The number of ketones is 1. The van der Waals surface area contributed by atoms with E-state index in [1.165, 1.54) is 0 Å². The number of benzene rings is 2. The van der Waals surface area contributed by atoms with Gasteiger partial charge in [0.2, 0.25) is 0 Å². The van der Waals surface area contributed by atoms with Gasteiger partial charge in [-0.1, -0.05) is 42.5 Å². The Morgan fingerprint density at radius 3 is 2.66 bits per heavy atom. The molecule has 1 fully saturated rings. The molecule has 1 unspecified atom stereocenters. The minimum Gasteiger partial charge on any atom is -0.337 e. The summed E-state index contributed by atoms with van der Waals surface area (Å²) in [4.78, 5) is 32.3. The molecule has 0 bridgehead atoms. The number of carbonyl (C=O) groups is 2. The second kappa shape index (κ2) is 7.17. The number of amides is 1. The highest BCUT2D eigenvalue weighted by molar-refractivity contribution is 6.02. The van der Waals surface area contributed by atoms with E-state index in [1.807, 2.05) is 71.3 Å². The molecule has 1 saturated heterocycles. The van der Waals surface area contributed by atoms with Crippen molar-refractivity contribution in [1.29, 1.82) is 0 Å². The molecule has 0 saturated carbocycles. The van der Waals surface area contributed by atoms with E-state index in [1.54, 1.807) is 11.1 Å². The number of carbonyl (C=O) groups excluding carboxylic acids is 2. The number of imidazole rings is 1. The van der Waals surface area contributed by atoms with E-state index in [0.717, 1.165) is 34.8 Å². The second-order valence-electron chi connectivity index (χ2n) is 7.61. The van der Waals surface area contributed by atoms with Crippen molar-refractivity contribution in [3.05, 3.63) is 84.3 Å². The van der Waals surface area contributed by atoms with Gasteiger partial charge in [0.15, 0.2) is 5.78 Å². The third-order valence-corrected chi connectivity index (χ3v) is 5.70. The predicted octanol–water partition coefficient (Wildman–Crippen LogP) is 4.22.